The Morgan fingerprint density at radius 1 is 1.03 bits per heavy atom. The fraction of sp³-hybridized carbons (Fsp3) is 0.269. The predicted octanol–water partition coefficient (Wildman–Crippen LogP) is 3.51. The SMILES string of the molecule is COc1ccc(NC(=O)CN(c2cc(Cl)ccc2C)S(=O)(=O)c2ccccc2)cc1S(=O)(=O)N1CCOCC1. The number of aryl methyl sites for hydroxylation is 1. The van der Waals surface area contributed by atoms with Crippen LogP contribution in [0.2, 0.25) is 5.02 Å². The molecule has 208 valence electrons. The summed E-state index contributed by atoms with van der Waals surface area (Å²) < 4.78 is 66.6. The number of halogens is 1. The van der Waals surface area contributed by atoms with Crippen molar-refractivity contribution in [1.29, 1.82) is 0 Å². The van der Waals surface area contributed by atoms with Crippen LogP contribution in [0.3, 0.4) is 0 Å². The highest BCUT2D eigenvalue weighted by Gasteiger charge is 2.31. The first-order valence-corrected chi connectivity index (χ1v) is 15.2. The maximum atomic E-state index is 13.6. The van der Waals surface area contributed by atoms with Gasteiger partial charge in [0, 0.05) is 23.8 Å². The number of amides is 1. The lowest BCUT2D eigenvalue weighted by Crippen LogP contribution is -2.40. The van der Waals surface area contributed by atoms with Crippen molar-refractivity contribution in [3.8, 4) is 5.75 Å². The Morgan fingerprint density at radius 2 is 1.72 bits per heavy atom. The van der Waals surface area contributed by atoms with Gasteiger partial charge < -0.3 is 14.8 Å². The van der Waals surface area contributed by atoms with Gasteiger partial charge in [0.1, 0.15) is 17.2 Å². The summed E-state index contributed by atoms with van der Waals surface area (Å²) in [6.45, 7) is 2.04. The van der Waals surface area contributed by atoms with Gasteiger partial charge in [-0.3, -0.25) is 9.10 Å². The molecule has 1 aliphatic heterocycles. The number of morpholine rings is 1. The molecule has 0 unspecified atom stereocenters. The second-order valence-corrected chi connectivity index (χ2v) is 12.9. The minimum atomic E-state index is -4.16. The van der Waals surface area contributed by atoms with E-state index in [4.69, 9.17) is 21.1 Å². The summed E-state index contributed by atoms with van der Waals surface area (Å²) in [5, 5.41) is 2.93. The minimum absolute atomic E-state index is 0.000476. The number of benzene rings is 3. The highest BCUT2D eigenvalue weighted by atomic mass is 35.5. The van der Waals surface area contributed by atoms with Gasteiger partial charge in [0.05, 0.1) is 30.9 Å². The highest BCUT2D eigenvalue weighted by Crippen LogP contribution is 2.32. The molecule has 3 aromatic carbocycles. The number of anilines is 2. The van der Waals surface area contributed by atoms with Crippen LogP contribution in [-0.4, -0.2) is 67.0 Å². The number of hydrogen-bond donors (Lipinski definition) is 1. The fourth-order valence-electron chi connectivity index (χ4n) is 4.08. The maximum Gasteiger partial charge on any atom is 0.264 e. The van der Waals surface area contributed by atoms with Crippen LogP contribution in [0.4, 0.5) is 11.4 Å². The molecule has 1 aliphatic rings. The van der Waals surface area contributed by atoms with E-state index in [1.54, 1.807) is 37.3 Å². The third-order valence-electron chi connectivity index (χ3n) is 6.09. The van der Waals surface area contributed by atoms with Crippen LogP contribution in [0.25, 0.3) is 0 Å². The van der Waals surface area contributed by atoms with Crippen molar-refractivity contribution >= 4 is 48.9 Å². The van der Waals surface area contributed by atoms with Gasteiger partial charge in [-0.05, 0) is 55.0 Å². The van der Waals surface area contributed by atoms with Crippen LogP contribution in [-0.2, 0) is 29.6 Å². The molecule has 10 nitrogen and oxygen atoms in total. The number of hydrogen-bond acceptors (Lipinski definition) is 7. The van der Waals surface area contributed by atoms with Crippen LogP contribution in [0.15, 0.2) is 76.5 Å². The van der Waals surface area contributed by atoms with Gasteiger partial charge in [-0.15, -0.1) is 0 Å². The second kappa shape index (κ2) is 11.9. The predicted molar refractivity (Wildman–Crippen MR) is 148 cm³/mol. The fourth-order valence-corrected chi connectivity index (χ4v) is 7.34. The largest absolute Gasteiger partial charge is 0.495 e. The molecule has 0 spiro atoms. The molecule has 1 fully saturated rings. The van der Waals surface area contributed by atoms with Crippen molar-refractivity contribution in [2.45, 2.75) is 16.7 Å². The number of rotatable bonds is 9. The number of carbonyl (C=O) groups is 1. The van der Waals surface area contributed by atoms with E-state index in [2.05, 4.69) is 5.32 Å². The zero-order chi connectivity index (χ0) is 28.2. The Labute approximate surface area is 233 Å². The zero-order valence-electron chi connectivity index (χ0n) is 21.3. The molecule has 0 bridgehead atoms. The first-order valence-electron chi connectivity index (χ1n) is 11.9. The van der Waals surface area contributed by atoms with Crippen molar-refractivity contribution < 1.29 is 31.1 Å². The number of nitrogens with zero attached hydrogens (tertiary/aromatic N) is 2. The monoisotopic (exact) mass is 593 g/mol. The summed E-state index contributed by atoms with van der Waals surface area (Å²) in [6, 6.07) is 16.7. The topological polar surface area (TPSA) is 122 Å². The number of sulfonamides is 2. The Morgan fingerprint density at radius 3 is 2.38 bits per heavy atom. The number of methoxy groups -OCH3 is 1. The second-order valence-electron chi connectivity index (χ2n) is 8.69. The van der Waals surface area contributed by atoms with Crippen molar-refractivity contribution in [2.24, 2.45) is 0 Å². The van der Waals surface area contributed by atoms with Gasteiger partial charge in [-0.1, -0.05) is 35.9 Å². The Hall–Kier alpha value is -3.16. The Balaban J connectivity index is 1.66. The number of ether oxygens (including phenoxy) is 2. The Bertz CT molecular complexity index is 1560. The van der Waals surface area contributed by atoms with E-state index in [0.29, 0.717) is 10.6 Å². The van der Waals surface area contributed by atoms with E-state index in [1.165, 1.54) is 47.8 Å². The standard InChI is InChI=1S/C26H28ClN3O7S2/c1-19-8-9-20(27)16-23(19)30(38(32,33)22-6-4-3-5-7-22)18-26(31)28-21-10-11-24(36-2)25(17-21)39(34,35)29-12-14-37-15-13-29/h3-11,16-17H,12-15,18H2,1-2H3,(H,28,31). The molecule has 3 aromatic rings. The van der Waals surface area contributed by atoms with E-state index in [9.17, 15) is 21.6 Å². The molecule has 13 heteroatoms. The third kappa shape index (κ3) is 6.36. The number of nitrogens with one attached hydrogen (secondary N) is 1. The van der Waals surface area contributed by atoms with Crippen molar-refractivity contribution in [1.82, 2.24) is 4.31 Å². The zero-order valence-corrected chi connectivity index (χ0v) is 23.7. The molecular weight excluding hydrogens is 566 g/mol. The summed E-state index contributed by atoms with van der Waals surface area (Å²) in [7, 11) is -6.75. The lowest BCUT2D eigenvalue weighted by molar-refractivity contribution is -0.114. The van der Waals surface area contributed by atoms with Gasteiger partial charge in [0.15, 0.2) is 0 Å². The summed E-state index contributed by atoms with van der Waals surface area (Å²) in [5.74, 6) is -0.573. The van der Waals surface area contributed by atoms with Gasteiger partial charge in [-0.2, -0.15) is 4.31 Å². The van der Waals surface area contributed by atoms with E-state index < -0.39 is 32.5 Å². The van der Waals surface area contributed by atoms with Crippen LogP contribution >= 0.6 is 11.6 Å². The molecule has 0 atom stereocenters. The molecule has 1 heterocycles. The Kier molecular flexibility index (Phi) is 8.82. The molecule has 0 aliphatic carbocycles. The molecule has 0 aromatic heterocycles. The van der Waals surface area contributed by atoms with Crippen LogP contribution < -0.4 is 14.4 Å². The normalized spacial score (nSPS) is 14.5. The first kappa shape index (κ1) is 28.8. The van der Waals surface area contributed by atoms with Crippen LogP contribution in [0, 0.1) is 6.92 Å². The van der Waals surface area contributed by atoms with Gasteiger partial charge >= 0.3 is 0 Å². The summed E-state index contributed by atoms with van der Waals surface area (Å²) in [4.78, 5) is 13.1. The van der Waals surface area contributed by atoms with Gasteiger partial charge in [0.2, 0.25) is 15.9 Å². The average molecular weight is 594 g/mol. The smallest absolute Gasteiger partial charge is 0.264 e. The van der Waals surface area contributed by atoms with Crippen molar-refractivity contribution in [2.75, 3.05) is 49.6 Å². The van der Waals surface area contributed by atoms with Gasteiger partial charge in [-0.25, -0.2) is 16.8 Å². The molecule has 39 heavy (non-hydrogen) atoms. The molecule has 0 radical (unpaired) electrons. The van der Waals surface area contributed by atoms with E-state index >= 15 is 0 Å². The van der Waals surface area contributed by atoms with Gasteiger partial charge in [0.25, 0.3) is 10.0 Å². The van der Waals surface area contributed by atoms with E-state index in [0.717, 1.165) is 4.31 Å². The lowest BCUT2D eigenvalue weighted by Gasteiger charge is -2.27. The van der Waals surface area contributed by atoms with Crippen LogP contribution in [0.5, 0.6) is 5.75 Å². The minimum Gasteiger partial charge on any atom is -0.495 e. The summed E-state index contributed by atoms with van der Waals surface area (Å²) >= 11 is 6.17. The highest BCUT2D eigenvalue weighted by molar-refractivity contribution is 7.92. The lowest BCUT2D eigenvalue weighted by atomic mass is 10.2. The molecule has 4 rings (SSSR count). The van der Waals surface area contributed by atoms with E-state index in [1.807, 2.05) is 0 Å². The molecule has 1 saturated heterocycles. The van der Waals surface area contributed by atoms with Crippen molar-refractivity contribution in [3.05, 3.63) is 77.3 Å². The molecule has 1 amide bonds. The molecule has 1 N–H and O–H groups in total. The average Bonchev–Trinajstić information content (AvgIpc) is 2.94. The summed E-state index contributed by atoms with van der Waals surface area (Å²) in [5.41, 5.74) is 0.995. The molecule has 0 saturated carbocycles. The maximum absolute atomic E-state index is 13.6. The quantitative estimate of drug-likeness (QED) is 0.403. The van der Waals surface area contributed by atoms with Crippen molar-refractivity contribution in [3.63, 3.8) is 0 Å². The van der Waals surface area contributed by atoms with Crippen LogP contribution in [0.1, 0.15) is 5.56 Å². The number of carbonyl (C=O) groups excluding carboxylic acids is 1. The first-order chi connectivity index (χ1) is 18.5. The molecular formula is C26H28ClN3O7S2. The van der Waals surface area contributed by atoms with E-state index in [-0.39, 0.29) is 53.2 Å². The summed E-state index contributed by atoms with van der Waals surface area (Å²) in [6.07, 6.45) is 0. The third-order valence-corrected chi connectivity index (χ3v) is 10.0.